The van der Waals surface area contributed by atoms with E-state index >= 15 is 0 Å². The number of sulfonamides is 1. The highest BCUT2D eigenvalue weighted by atomic mass is 32.2. The molecule has 0 spiro atoms. The molecule has 0 unspecified atom stereocenters. The zero-order valence-electron chi connectivity index (χ0n) is 14.9. The van der Waals surface area contributed by atoms with Crippen molar-refractivity contribution in [1.82, 2.24) is 14.5 Å². The van der Waals surface area contributed by atoms with Crippen molar-refractivity contribution in [3.8, 4) is 0 Å². The number of amides is 1. The molecule has 2 rings (SSSR count). The number of anilines is 1. The molecule has 1 aromatic heterocycles. The first-order chi connectivity index (χ1) is 11.7. The van der Waals surface area contributed by atoms with Gasteiger partial charge in [0.15, 0.2) is 0 Å². The predicted molar refractivity (Wildman–Crippen MR) is 97.0 cm³/mol. The lowest BCUT2D eigenvalue weighted by molar-refractivity contribution is -0.116. The van der Waals surface area contributed by atoms with Crippen molar-refractivity contribution in [2.24, 2.45) is 0 Å². The van der Waals surface area contributed by atoms with Gasteiger partial charge in [-0.25, -0.2) is 17.8 Å². The molecule has 25 heavy (non-hydrogen) atoms. The number of aryl methyl sites for hydroxylation is 2. The molecular weight excluding hydrogens is 340 g/mol. The molecule has 0 aliphatic heterocycles. The molecule has 1 amide bonds. The van der Waals surface area contributed by atoms with Crippen molar-refractivity contribution in [1.29, 1.82) is 0 Å². The van der Waals surface area contributed by atoms with Crippen molar-refractivity contribution in [2.45, 2.75) is 45.1 Å². The van der Waals surface area contributed by atoms with Crippen LogP contribution in [0.2, 0.25) is 0 Å². The number of nitrogens with zero attached hydrogens (tertiary/aromatic N) is 2. The first-order valence-electron chi connectivity index (χ1n) is 8.11. The zero-order valence-corrected chi connectivity index (χ0v) is 15.7. The summed E-state index contributed by atoms with van der Waals surface area (Å²) in [6.45, 7) is 7.60. The largest absolute Gasteiger partial charge is 0.311 e. The maximum atomic E-state index is 12.3. The lowest BCUT2D eigenvalue weighted by Gasteiger charge is -2.12. The smallest absolute Gasteiger partial charge is 0.240 e. The standard InChI is InChI=1S/C17H24N4O3S/c1-12(2)21-16(7-9-18-21)20-17(22)8-10-19-25(23,24)15-6-5-13(3)11-14(15)4/h5-7,9,11-12,19H,8,10H2,1-4H3,(H,20,22). The molecule has 0 fully saturated rings. The first-order valence-corrected chi connectivity index (χ1v) is 9.59. The number of carbonyl (C=O) groups is 1. The Morgan fingerprint density at radius 3 is 2.60 bits per heavy atom. The zero-order chi connectivity index (χ0) is 18.6. The van der Waals surface area contributed by atoms with Gasteiger partial charge in [-0.3, -0.25) is 4.79 Å². The Kier molecular flexibility index (Phi) is 5.97. The van der Waals surface area contributed by atoms with Gasteiger partial charge in [0.25, 0.3) is 0 Å². The number of nitrogens with one attached hydrogen (secondary N) is 2. The molecule has 8 heteroatoms. The van der Waals surface area contributed by atoms with Gasteiger partial charge in [0.05, 0.1) is 11.1 Å². The highest BCUT2D eigenvalue weighted by molar-refractivity contribution is 7.89. The van der Waals surface area contributed by atoms with E-state index in [1.807, 2.05) is 26.8 Å². The van der Waals surface area contributed by atoms with E-state index in [0.717, 1.165) is 5.56 Å². The van der Waals surface area contributed by atoms with Gasteiger partial charge in [0, 0.05) is 25.1 Å². The van der Waals surface area contributed by atoms with Gasteiger partial charge in [-0.2, -0.15) is 5.10 Å². The second-order valence-corrected chi connectivity index (χ2v) is 7.96. The van der Waals surface area contributed by atoms with Crippen LogP contribution < -0.4 is 10.0 Å². The summed E-state index contributed by atoms with van der Waals surface area (Å²) in [7, 11) is -3.63. The summed E-state index contributed by atoms with van der Waals surface area (Å²) in [5, 5.41) is 6.88. The minimum absolute atomic E-state index is 0.0251. The molecule has 0 atom stereocenters. The van der Waals surface area contributed by atoms with Crippen LogP contribution in [0.1, 0.15) is 37.4 Å². The van der Waals surface area contributed by atoms with E-state index in [-0.39, 0.29) is 29.8 Å². The first kappa shape index (κ1) is 19.1. The molecule has 0 radical (unpaired) electrons. The second-order valence-electron chi connectivity index (χ2n) is 6.22. The van der Waals surface area contributed by atoms with Crippen molar-refractivity contribution in [3.05, 3.63) is 41.6 Å². The van der Waals surface area contributed by atoms with Gasteiger partial charge >= 0.3 is 0 Å². The third-order valence-electron chi connectivity index (χ3n) is 3.69. The molecule has 1 heterocycles. The molecule has 0 aliphatic carbocycles. The molecule has 1 aromatic carbocycles. The molecule has 2 N–H and O–H groups in total. The molecule has 0 bridgehead atoms. The van der Waals surface area contributed by atoms with Crippen LogP contribution in [0.15, 0.2) is 35.4 Å². The van der Waals surface area contributed by atoms with Crippen LogP contribution in [0.25, 0.3) is 0 Å². The Balaban J connectivity index is 1.93. The second kappa shape index (κ2) is 7.79. The van der Waals surface area contributed by atoms with Crippen LogP contribution in [0.5, 0.6) is 0 Å². The third-order valence-corrected chi connectivity index (χ3v) is 5.31. The number of benzene rings is 1. The van der Waals surface area contributed by atoms with Crippen molar-refractivity contribution >= 4 is 21.7 Å². The van der Waals surface area contributed by atoms with Crippen molar-refractivity contribution < 1.29 is 13.2 Å². The van der Waals surface area contributed by atoms with Crippen LogP contribution >= 0.6 is 0 Å². The Morgan fingerprint density at radius 2 is 1.96 bits per heavy atom. The van der Waals surface area contributed by atoms with Crippen LogP contribution in [0.4, 0.5) is 5.82 Å². The van der Waals surface area contributed by atoms with Gasteiger partial charge in [0.2, 0.25) is 15.9 Å². The Bertz CT molecular complexity index is 857. The molecule has 0 saturated carbocycles. The quantitative estimate of drug-likeness (QED) is 0.789. The SMILES string of the molecule is Cc1ccc(S(=O)(=O)NCCC(=O)Nc2ccnn2C(C)C)c(C)c1. The van der Waals surface area contributed by atoms with E-state index in [1.165, 1.54) is 0 Å². The van der Waals surface area contributed by atoms with Crippen molar-refractivity contribution in [2.75, 3.05) is 11.9 Å². The summed E-state index contributed by atoms with van der Waals surface area (Å²) in [5.74, 6) is 0.322. The Hall–Kier alpha value is -2.19. The normalized spacial score (nSPS) is 11.7. The monoisotopic (exact) mass is 364 g/mol. The van der Waals surface area contributed by atoms with E-state index in [9.17, 15) is 13.2 Å². The van der Waals surface area contributed by atoms with E-state index < -0.39 is 10.0 Å². The number of carbonyl (C=O) groups excluding carboxylic acids is 1. The molecule has 136 valence electrons. The summed E-state index contributed by atoms with van der Waals surface area (Å²) in [4.78, 5) is 12.3. The molecule has 7 nitrogen and oxygen atoms in total. The molecule has 2 aromatic rings. The van der Waals surface area contributed by atoms with E-state index in [4.69, 9.17) is 0 Å². The van der Waals surface area contributed by atoms with Gasteiger partial charge in [-0.05, 0) is 39.3 Å². The van der Waals surface area contributed by atoms with Crippen LogP contribution in [-0.2, 0) is 14.8 Å². The minimum Gasteiger partial charge on any atom is -0.311 e. The van der Waals surface area contributed by atoms with Crippen LogP contribution in [-0.4, -0.2) is 30.7 Å². The maximum absolute atomic E-state index is 12.3. The number of rotatable bonds is 7. The van der Waals surface area contributed by atoms with Gasteiger partial charge in [-0.1, -0.05) is 17.7 Å². The van der Waals surface area contributed by atoms with Crippen LogP contribution in [0.3, 0.4) is 0 Å². The molecule has 0 saturated heterocycles. The van der Waals surface area contributed by atoms with E-state index in [2.05, 4.69) is 15.1 Å². The highest BCUT2D eigenvalue weighted by Crippen LogP contribution is 2.16. The van der Waals surface area contributed by atoms with Gasteiger partial charge in [-0.15, -0.1) is 0 Å². The fourth-order valence-corrected chi connectivity index (χ4v) is 3.76. The molecule has 0 aliphatic rings. The summed E-state index contributed by atoms with van der Waals surface area (Å²) in [6.07, 6.45) is 1.64. The molecular formula is C17H24N4O3S. The van der Waals surface area contributed by atoms with Gasteiger partial charge in [0.1, 0.15) is 5.82 Å². The number of hydrogen-bond donors (Lipinski definition) is 2. The third kappa shape index (κ3) is 4.90. The number of aromatic nitrogens is 2. The van der Waals surface area contributed by atoms with E-state index in [1.54, 1.807) is 36.0 Å². The Morgan fingerprint density at radius 1 is 1.24 bits per heavy atom. The Labute approximate surface area is 148 Å². The average Bonchev–Trinajstić information content (AvgIpc) is 2.94. The summed E-state index contributed by atoms with van der Waals surface area (Å²) >= 11 is 0. The fourth-order valence-electron chi connectivity index (χ4n) is 2.51. The maximum Gasteiger partial charge on any atom is 0.240 e. The topological polar surface area (TPSA) is 93.1 Å². The summed E-state index contributed by atoms with van der Waals surface area (Å²) in [6, 6.07) is 6.97. The summed E-state index contributed by atoms with van der Waals surface area (Å²) in [5.41, 5.74) is 1.68. The van der Waals surface area contributed by atoms with Crippen LogP contribution in [0, 0.1) is 13.8 Å². The van der Waals surface area contributed by atoms with E-state index in [0.29, 0.717) is 11.4 Å². The van der Waals surface area contributed by atoms with Crippen molar-refractivity contribution in [3.63, 3.8) is 0 Å². The average molecular weight is 364 g/mol. The fraction of sp³-hybridized carbons (Fsp3) is 0.412. The van der Waals surface area contributed by atoms with Gasteiger partial charge < -0.3 is 5.32 Å². The number of hydrogen-bond acceptors (Lipinski definition) is 4. The lowest BCUT2D eigenvalue weighted by Crippen LogP contribution is -2.28. The predicted octanol–water partition coefficient (Wildman–Crippen LogP) is 2.39. The lowest BCUT2D eigenvalue weighted by atomic mass is 10.2. The highest BCUT2D eigenvalue weighted by Gasteiger charge is 2.17. The summed E-state index contributed by atoms with van der Waals surface area (Å²) < 4.78 is 28.9. The minimum atomic E-state index is -3.63.